The van der Waals surface area contributed by atoms with Crippen LogP contribution in [0.25, 0.3) is 0 Å². The fourth-order valence-corrected chi connectivity index (χ4v) is 2.46. The lowest BCUT2D eigenvalue weighted by Crippen LogP contribution is -2.46. The van der Waals surface area contributed by atoms with Gasteiger partial charge in [0.05, 0.1) is 13.2 Å². The number of ether oxygens (including phenoxy) is 4. The van der Waals surface area contributed by atoms with Crippen molar-refractivity contribution in [1.29, 1.82) is 0 Å². The van der Waals surface area contributed by atoms with Crippen molar-refractivity contribution in [3.63, 3.8) is 0 Å². The lowest BCUT2D eigenvalue weighted by molar-refractivity contribution is -0.167. The predicted octanol–water partition coefficient (Wildman–Crippen LogP) is 1.81. The number of amides is 1. The summed E-state index contributed by atoms with van der Waals surface area (Å²) in [5.41, 5.74) is 0. The normalized spacial score (nSPS) is 17.7. The molecule has 1 aromatic carbocycles. The molecule has 142 valence electrons. The maximum absolute atomic E-state index is 12.4. The van der Waals surface area contributed by atoms with Gasteiger partial charge in [0.1, 0.15) is 6.61 Å². The molecule has 7 nitrogen and oxygen atoms in total. The van der Waals surface area contributed by atoms with E-state index in [2.05, 4.69) is 6.58 Å². The van der Waals surface area contributed by atoms with Crippen LogP contribution in [0.2, 0.25) is 0 Å². The number of esters is 1. The van der Waals surface area contributed by atoms with Gasteiger partial charge < -0.3 is 23.8 Å². The van der Waals surface area contributed by atoms with E-state index in [1.165, 1.54) is 17.9 Å². The number of likely N-dealkylation sites (N-methyl/N-ethyl adjacent to an activating group) is 1. The van der Waals surface area contributed by atoms with Crippen molar-refractivity contribution in [2.75, 3.05) is 26.8 Å². The Labute approximate surface area is 153 Å². The van der Waals surface area contributed by atoms with Crippen LogP contribution >= 0.6 is 0 Å². The quantitative estimate of drug-likeness (QED) is 0.518. The summed E-state index contributed by atoms with van der Waals surface area (Å²) in [6.45, 7) is 7.51. The summed E-state index contributed by atoms with van der Waals surface area (Å²) in [7, 11) is 1.63. The largest absolute Gasteiger partial charge is 0.486 e. The van der Waals surface area contributed by atoms with Crippen molar-refractivity contribution in [1.82, 2.24) is 4.90 Å². The van der Waals surface area contributed by atoms with Crippen LogP contribution in [-0.4, -0.2) is 61.9 Å². The van der Waals surface area contributed by atoms with E-state index in [1.807, 2.05) is 24.3 Å². The van der Waals surface area contributed by atoms with E-state index >= 15 is 0 Å². The number of hydrogen-bond donors (Lipinski definition) is 0. The molecule has 0 saturated carbocycles. The first-order chi connectivity index (χ1) is 12.4. The second-order valence-electron chi connectivity index (χ2n) is 6.06. The standard InChI is InChI=1S/C19H25NO6/c1-5-10-23-14(3)19(22)25-13(2)18(21)20(4)11-15-12-24-16-8-6-7-9-17(16)26-15/h5-9,13-15H,1,10-12H2,2-4H3. The van der Waals surface area contributed by atoms with Crippen molar-refractivity contribution in [2.24, 2.45) is 0 Å². The van der Waals surface area contributed by atoms with Crippen LogP contribution in [0, 0.1) is 0 Å². The SMILES string of the molecule is C=CCOC(C)C(=O)OC(C)C(=O)N(C)CC1COc2ccccc2O1. The Bertz CT molecular complexity index is 647. The Morgan fingerprint density at radius 3 is 2.69 bits per heavy atom. The van der Waals surface area contributed by atoms with Gasteiger partial charge in [-0.1, -0.05) is 18.2 Å². The zero-order valence-electron chi connectivity index (χ0n) is 15.3. The first-order valence-electron chi connectivity index (χ1n) is 8.48. The van der Waals surface area contributed by atoms with E-state index in [1.54, 1.807) is 14.0 Å². The van der Waals surface area contributed by atoms with Crippen molar-refractivity contribution < 1.29 is 28.5 Å². The zero-order valence-corrected chi connectivity index (χ0v) is 15.3. The van der Waals surface area contributed by atoms with Gasteiger partial charge in [0.25, 0.3) is 5.91 Å². The summed E-state index contributed by atoms with van der Waals surface area (Å²) >= 11 is 0. The Balaban J connectivity index is 1.83. The van der Waals surface area contributed by atoms with E-state index in [-0.39, 0.29) is 18.6 Å². The first-order valence-corrected chi connectivity index (χ1v) is 8.48. The molecular weight excluding hydrogens is 338 g/mol. The Kier molecular flexibility index (Phi) is 7.03. The third-order valence-electron chi connectivity index (χ3n) is 3.86. The Morgan fingerprint density at radius 1 is 1.31 bits per heavy atom. The summed E-state index contributed by atoms with van der Waals surface area (Å²) in [4.78, 5) is 25.8. The minimum absolute atomic E-state index is 0.235. The molecule has 2 rings (SSSR count). The van der Waals surface area contributed by atoms with Gasteiger partial charge in [-0.05, 0) is 26.0 Å². The summed E-state index contributed by atoms with van der Waals surface area (Å²) in [6, 6.07) is 7.38. The van der Waals surface area contributed by atoms with E-state index in [0.29, 0.717) is 24.7 Å². The lowest BCUT2D eigenvalue weighted by Gasteiger charge is -2.30. The molecule has 0 aromatic heterocycles. The Hall–Kier alpha value is -2.54. The van der Waals surface area contributed by atoms with Gasteiger partial charge in [-0.15, -0.1) is 6.58 Å². The van der Waals surface area contributed by atoms with Crippen molar-refractivity contribution in [3.05, 3.63) is 36.9 Å². The molecule has 0 saturated heterocycles. The average molecular weight is 363 g/mol. The van der Waals surface area contributed by atoms with Gasteiger partial charge in [-0.25, -0.2) is 4.79 Å². The molecule has 3 atom stereocenters. The van der Waals surface area contributed by atoms with E-state index in [9.17, 15) is 9.59 Å². The maximum Gasteiger partial charge on any atom is 0.335 e. The van der Waals surface area contributed by atoms with Gasteiger partial charge in [0.2, 0.25) is 0 Å². The number of carbonyl (C=O) groups is 2. The molecule has 0 spiro atoms. The van der Waals surface area contributed by atoms with Crippen LogP contribution in [0.5, 0.6) is 11.5 Å². The third-order valence-corrected chi connectivity index (χ3v) is 3.86. The molecular formula is C19H25NO6. The summed E-state index contributed by atoms with van der Waals surface area (Å²) in [5.74, 6) is 0.426. The van der Waals surface area contributed by atoms with E-state index in [4.69, 9.17) is 18.9 Å². The number of para-hydroxylation sites is 2. The monoisotopic (exact) mass is 363 g/mol. The fourth-order valence-electron chi connectivity index (χ4n) is 2.46. The highest BCUT2D eigenvalue weighted by Crippen LogP contribution is 2.30. The van der Waals surface area contributed by atoms with Crippen molar-refractivity contribution in [3.8, 4) is 11.5 Å². The molecule has 3 unspecified atom stereocenters. The number of hydrogen-bond acceptors (Lipinski definition) is 6. The van der Waals surface area contributed by atoms with Gasteiger partial charge in [0.15, 0.2) is 29.8 Å². The maximum atomic E-state index is 12.4. The molecule has 1 aliphatic rings. The topological polar surface area (TPSA) is 74.3 Å². The number of carbonyl (C=O) groups excluding carboxylic acids is 2. The smallest absolute Gasteiger partial charge is 0.335 e. The Morgan fingerprint density at radius 2 is 2.00 bits per heavy atom. The van der Waals surface area contributed by atoms with Crippen LogP contribution in [0.15, 0.2) is 36.9 Å². The second kappa shape index (κ2) is 9.24. The van der Waals surface area contributed by atoms with Crippen molar-refractivity contribution >= 4 is 11.9 Å². The summed E-state index contributed by atoms with van der Waals surface area (Å²) in [6.07, 6.45) is -0.438. The van der Waals surface area contributed by atoms with Gasteiger partial charge >= 0.3 is 5.97 Å². The van der Waals surface area contributed by atoms with Crippen LogP contribution in [-0.2, 0) is 19.1 Å². The second-order valence-corrected chi connectivity index (χ2v) is 6.06. The van der Waals surface area contributed by atoms with Gasteiger partial charge in [0, 0.05) is 7.05 Å². The molecule has 26 heavy (non-hydrogen) atoms. The van der Waals surface area contributed by atoms with Crippen LogP contribution in [0.4, 0.5) is 0 Å². The minimum atomic E-state index is -0.918. The molecule has 7 heteroatoms. The molecule has 1 heterocycles. The highest BCUT2D eigenvalue weighted by molar-refractivity contribution is 5.84. The molecule has 0 aliphatic carbocycles. The minimum Gasteiger partial charge on any atom is -0.486 e. The number of fused-ring (bicyclic) bond motifs is 1. The predicted molar refractivity (Wildman–Crippen MR) is 95.2 cm³/mol. The van der Waals surface area contributed by atoms with Crippen LogP contribution in [0.1, 0.15) is 13.8 Å². The molecule has 0 fully saturated rings. The van der Waals surface area contributed by atoms with E-state index in [0.717, 1.165) is 0 Å². The van der Waals surface area contributed by atoms with Gasteiger partial charge in [-0.3, -0.25) is 4.79 Å². The molecule has 1 aliphatic heterocycles. The molecule has 0 bridgehead atoms. The van der Waals surface area contributed by atoms with Crippen LogP contribution in [0.3, 0.4) is 0 Å². The van der Waals surface area contributed by atoms with Crippen LogP contribution < -0.4 is 9.47 Å². The lowest BCUT2D eigenvalue weighted by atomic mass is 10.2. The third kappa shape index (κ3) is 5.23. The highest BCUT2D eigenvalue weighted by atomic mass is 16.6. The first kappa shape index (κ1) is 19.8. The highest BCUT2D eigenvalue weighted by Gasteiger charge is 2.28. The van der Waals surface area contributed by atoms with Gasteiger partial charge in [-0.2, -0.15) is 0 Å². The number of rotatable bonds is 8. The van der Waals surface area contributed by atoms with E-state index < -0.39 is 18.2 Å². The molecule has 1 amide bonds. The molecule has 0 N–H and O–H groups in total. The molecule has 0 radical (unpaired) electrons. The summed E-state index contributed by atoms with van der Waals surface area (Å²) in [5, 5.41) is 0. The van der Waals surface area contributed by atoms with Crippen molar-refractivity contribution in [2.45, 2.75) is 32.2 Å². The zero-order chi connectivity index (χ0) is 19.1. The number of benzene rings is 1. The molecule has 1 aromatic rings. The summed E-state index contributed by atoms with van der Waals surface area (Å²) < 4.78 is 21.8. The number of nitrogens with zero attached hydrogens (tertiary/aromatic N) is 1. The fraction of sp³-hybridized carbons (Fsp3) is 0.474. The average Bonchev–Trinajstić information content (AvgIpc) is 2.65.